The molecule has 0 atom stereocenters. The Morgan fingerprint density at radius 3 is 3.11 bits per heavy atom. The summed E-state index contributed by atoms with van der Waals surface area (Å²) in [7, 11) is 1.75. The molecule has 0 aromatic carbocycles. The lowest BCUT2D eigenvalue weighted by Gasteiger charge is -2.14. The molecule has 0 bridgehead atoms. The molecule has 0 saturated heterocycles. The normalized spacial score (nSPS) is 9.79. The SMILES string of the molecule is CN(Cc1ncc[nH]1)C(=O)c1ccc(C#CCN)s1. The summed E-state index contributed by atoms with van der Waals surface area (Å²) in [6.45, 7) is 0.771. The first kappa shape index (κ1) is 13.3. The van der Waals surface area contributed by atoms with Crippen LogP contribution in [-0.2, 0) is 6.54 Å². The second kappa shape index (κ2) is 6.18. The zero-order valence-electron chi connectivity index (χ0n) is 10.5. The van der Waals surface area contributed by atoms with Crippen molar-refractivity contribution >= 4 is 17.2 Å². The number of nitrogens with zero attached hydrogens (tertiary/aromatic N) is 2. The van der Waals surface area contributed by atoms with Gasteiger partial charge in [0, 0.05) is 19.4 Å². The first-order valence-electron chi connectivity index (χ1n) is 5.73. The summed E-state index contributed by atoms with van der Waals surface area (Å²) in [4.78, 5) is 22.4. The number of amides is 1. The number of aromatic nitrogens is 2. The Hall–Kier alpha value is -2.10. The van der Waals surface area contributed by atoms with E-state index in [9.17, 15) is 4.79 Å². The van der Waals surface area contributed by atoms with Crippen molar-refractivity contribution < 1.29 is 4.79 Å². The molecule has 3 N–H and O–H groups in total. The number of aromatic amines is 1. The molecule has 2 aromatic rings. The van der Waals surface area contributed by atoms with Crippen molar-refractivity contribution in [2.24, 2.45) is 5.73 Å². The van der Waals surface area contributed by atoms with Crippen LogP contribution in [0, 0.1) is 11.8 Å². The van der Waals surface area contributed by atoms with Crippen molar-refractivity contribution in [3.63, 3.8) is 0 Å². The van der Waals surface area contributed by atoms with Gasteiger partial charge in [-0.1, -0.05) is 11.8 Å². The van der Waals surface area contributed by atoms with Gasteiger partial charge in [-0.05, 0) is 12.1 Å². The highest BCUT2D eigenvalue weighted by molar-refractivity contribution is 7.14. The van der Waals surface area contributed by atoms with Crippen LogP contribution in [-0.4, -0.2) is 34.4 Å². The number of nitrogens with one attached hydrogen (secondary N) is 1. The van der Waals surface area contributed by atoms with E-state index in [1.165, 1.54) is 11.3 Å². The molecule has 0 saturated carbocycles. The summed E-state index contributed by atoms with van der Waals surface area (Å²) in [5.74, 6) is 6.41. The van der Waals surface area contributed by atoms with Gasteiger partial charge < -0.3 is 15.6 Å². The molecule has 19 heavy (non-hydrogen) atoms. The van der Waals surface area contributed by atoms with Gasteiger partial charge in [0.15, 0.2) is 0 Å². The maximum absolute atomic E-state index is 12.2. The monoisotopic (exact) mass is 274 g/mol. The van der Waals surface area contributed by atoms with Gasteiger partial charge in [-0.2, -0.15) is 0 Å². The average molecular weight is 274 g/mol. The Morgan fingerprint density at radius 2 is 2.42 bits per heavy atom. The largest absolute Gasteiger partial charge is 0.347 e. The number of hydrogen-bond donors (Lipinski definition) is 2. The van der Waals surface area contributed by atoms with E-state index >= 15 is 0 Å². The third-order valence-corrected chi connectivity index (χ3v) is 3.41. The van der Waals surface area contributed by atoms with Crippen molar-refractivity contribution in [2.75, 3.05) is 13.6 Å². The highest BCUT2D eigenvalue weighted by Gasteiger charge is 2.14. The maximum Gasteiger partial charge on any atom is 0.264 e. The van der Waals surface area contributed by atoms with E-state index in [2.05, 4.69) is 21.8 Å². The molecule has 5 nitrogen and oxygen atoms in total. The molecule has 1 amide bonds. The van der Waals surface area contributed by atoms with E-state index in [1.807, 2.05) is 6.07 Å². The number of hydrogen-bond acceptors (Lipinski definition) is 4. The first-order valence-corrected chi connectivity index (χ1v) is 6.55. The van der Waals surface area contributed by atoms with Crippen LogP contribution < -0.4 is 5.73 Å². The highest BCUT2D eigenvalue weighted by atomic mass is 32.1. The number of nitrogens with two attached hydrogens (primary N) is 1. The molecule has 0 radical (unpaired) electrons. The lowest BCUT2D eigenvalue weighted by molar-refractivity contribution is 0.0786. The van der Waals surface area contributed by atoms with Gasteiger partial charge >= 0.3 is 0 Å². The molecule has 2 heterocycles. The fourth-order valence-corrected chi connectivity index (χ4v) is 2.40. The Kier molecular flexibility index (Phi) is 4.34. The Labute approximate surface area is 115 Å². The molecule has 0 aliphatic rings. The quantitative estimate of drug-likeness (QED) is 0.822. The van der Waals surface area contributed by atoms with Gasteiger partial charge in [0.05, 0.1) is 22.8 Å². The zero-order valence-corrected chi connectivity index (χ0v) is 11.3. The van der Waals surface area contributed by atoms with E-state index in [0.717, 1.165) is 10.7 Å². The molecule has 6 heteroatoms. The van der Waals surface area contributed by atoms with Gasteiger partial charge in [0.25, 0.3) is 5.91 Å². The summed E-state index contributed by atoms with van der Waals surface area (Å²) in [6, 6.07) is 3.62. The Balaban J connectivity index is 2.04. The van der Waals surface area contributed by atoms with Gasteiger partial charge in [0.1, 0.15) is 5.82 Å². The molecule has 0 aliphatic heterocycles. The van der Waals surface area contributed by atoms with E-state index in [4.69, 9.17) is 5.73 Å². The van der Waals surface area contributed by atoms with Crippen LogP contribution >= 0.6 is 11.3 Å². The fourth-order valence-electron chi connectivity index (χ4n) is 1.53. The molecule has 0 spiro atoms. The molecule has 0 unspecified atom stereocenters. The van der Waals surface area contributed by atoms with Gasteiger partial charge in [-0.3, -0.25) is 4.79 Å². The molecular formula is C13H14N4OS. The second-order valence-electron chi connectivity index (χ2n) is 3.87. The molecule has 0 fully saturated rings. The van der Waals surface area contributed by atoms with E-state index in [1.54, 1.807) is 30.4 Å². The van der Waals surface area contributed by atoms with Crippen LogP contribution in [0.25, 0.3) is 0 Å². The Morgan fingerprint density at radius 1 is 1.58 bits per heavy atom. The number of carbonyl (C=O) groups excluding carboxylic acids is 1. The number of thiophene rings is 1. The van der Waals surface area contributed by atoms with E-state index in [-0.39, 0.29) is 5.91 Å². The number of imidazole rings is 1. The number of H-pyrrole nitrogens is 1. The Bertz CT molecular complexity index is 606. The third-order valence-electron chi connectivity index (χ3n) is 2.42. The van der Waals surface area contributed by atoms with Gasteiger partial charge in [-0.15, -0.1) is 11.3 Å². The molecule has 0 aliphatic carbocycles. The summed E-state index contributed by atoms with van der Waals surface area (Å²) >= 11 is 1.37. The van der Waals surface area contributed by atoms with Crippen LogP contribution in [0.5, 0.6) is 0 Å². The zero-order chi connectivity index (χ0) is 13.7. The summed E-state index contributed by atoms with van der Waals surface area (Å²) in [5.41, 5.74) is 5.31. The predicted octanol–water partition coefficient (Wildman–Crippen LogP) is 1.05. The van der Waals surface area contributed by atoms with Crippen LogP contribution in [0.15, 0.2) is 24.5 Å². The van der Waals surface area contributed by atoms with Crippen molar-refractivity contribution in [3.8, 4) is 11.8 Å². The highest BCUT2D eigenvalue weighted by Crippen LogP contribution is 2.17. The molecular weight excluding hydrogens is 260 g/mol. The van der Waals surface area contributed by atoms with Crippen LogP contribution in [0.3, 0.4) is 0 Å². The van der Waals surface area contributed by atoms with Crippen molar-refractivity contribution in [3.05, 3.63) is 40.1 Å². The van der Waals surface area contributed by atoms with E-state index in [0.29, 0.717) is 18.0 Å². The van der Waals surface area contributed by atoms with Gasteiger partial charge in [0.2, 0.25) is 0 Å². The molecule has 98 valence electrons. The second-order valence-corrected chi connectivity index (χ2v) is 4.95. The van der Waals surface area contributed by atoms with Crippen molar-refractivity contribution in [1.29, 1.82) is 0 Å². The summed E-state index contributed by atoms with van der Waals surface area (Å²) in [5, 5.41) is 0. The topological polar surface area (TPSA) is 75.0 Å². The minimum absolute atomic E-state index is 0.0396. The van der Waals surface area contributed by atoms with Gasteiger partial charge in [-0.25, -0.2) is 4.98 Å². The molecule has 2 aromatic heterocycles. The minimum atomic E-state index is -0.0396. The molecule has 2 rings (SSSR count). The lowest BCUT2D eigenvalue weighted by Crippen LogP contribution is -2.25. The minimum Gasteiger partial charge on any atom is -0.347 e. The average Bonchev–Trinajstić information content (AvgIpc) is 3.06. The first-order chi connectivity index (χ1) is 9.20. The fraction of sp³-hybridized carbons (Fsp3) is 0.231. The lowest BCUT2D eigenvalue weighted by atomic mass is 10.3. The summed E-state index contributed by atoms with van der Waals surface area (Å²) in [6.07, 6.45) is 3.40. The number of carbonyl (C=O) groups is 1. The van der Waals surface area contributed by atoms with Crippen molar-refractivity contribution in [1.82, 2.24) is 14.9 Å². The van der Waals surface area contributed by atoms with Crippen LogP contribution in [0.2, 0.25) is 0 Å². The van der Waals surface area contributed by atoms with E-state index < -0.39 is 0 Å². The summed E-state index contributed by atoms with van der Waals surface area (Å²) < 4.78 is 0. The van der Waals surface area contributed by atoms with Crippen molar-refractivity contribution in [2.45, 2.75) is 6.54 Å². The van der Waals surface area contributed by atoms with Crippen LogP contribution in [0.4, 0.5) is 0 Å². The predicted molar refractivity (Wildman–Crippen MR) is 74.6 cm³/mol. The standard InChI is InChI=1S/C13H14N4OS/c1-17(9-12-15-7-8-16-12)13(18)11-5-4-10(19-11)3-2-6-14/h4-5,7-8H,6,9,14H2,1H3,(H,15,16). The third kappa shape index (κ3) is 3.44. The number of rotatable bonds is 3. The van der Waals surface area contributed by atoms with Crippen LogP contribution in [0.1, 0.15) is 20.4 Å². The smallest absolute Gasteiger partial charge is 0.264 e. The maximum atomic E-state index is 12.2.